The van der Waals surface area contributed by atoms with Crippen molar-refractivity contribution in [1.82, 2.24) is 24.9 Å². The van der Waals surface area contributed by atoms with E-state index in [4.69, 9.17) is 4.74 Å². The molecule has 0 unspecified atom stereocenters. The van der Waals surface area contributed by atoms with E-state index < -0.39 is 0 Å². The van der Waals surface area contributed by atoms with Crippen LogP contribution in [0.2, 0.25) is 0 Å². The van der Waals surface area contributed by atoms with Crippen LogP contribution in [0.3, 0.4) is 0 Å². The summed E-state index contributed by atoms with van der Waals surface area (Å²) in [5, 5.41) is 12.1. The van der Waals surface area contributed by atoms with E-state index in [-0.39, 0.29) is 0 Å². The highest BCUT2D eigenvalue weighted by Gasteiger charge is 2.15. The third-order valence-electron chi connectivity index (χ3n) is 3.64. The zero-order chi connectivity index (χ0) is 16.2. The van der Waals surface area contributed by atoms with Gasteiger partial charge >= 0.3 is 0 Å². The summed E-state index contributed by atoms with van der Waals surface area (Å²) < 4.78 is 9.60. The summed E-state index contributed by atoms with van der Waals surface area (Å²) in [6.45, 7) is 3.45. The molecule has 0 saturated carbocycles. The molecule has 6 nitrogen and oxygen atoms in total. The van der Waals surface area contributed by atoms with Crippen molar-refractivity contribution >= 4 is 0 Å². The van der Waals surface area contributed by atoms with E-state index in [1.165, 1.54) is 0 Å². The lowest BCUT2D eigenvalue weighted by Crippen LogP contribution is -2.13. The van der Waals surface area contributed by atoms with Crippen molar-refractivity contribution in [3.8, 4) is 11.6 Å². The van der Waals surface area contributed by atoms with Gasteiger partial charge in [-0.3, -0.25) is 4.68 Å². The van der Waals surface area contributed by atoms with Crippen LogP contribution in [0.5, 0.6) is 11.6 Å². The van der Waals surface area contributed by atoms with Crippen molar-refractivity contribution < 1.29 is 4.74 Å². The molecule has 0 aliphatic carbocycles. The molecule has 0 aliphatic heterocycles. The first kappa shape index (κ1) is 15.3. The molecular weight excluding hydrogens is 290 g/mol. The molecule has 2 aromatic heterocycles. The van der Waals surface area contributed by atoms with Gasteiger partial charge in [0.05, 0.1) is 17.5 Å². The van der Waals surface area contributed by atoms with Crippen molar-refractivity contribution in [2.24, 2.45) is 14.1 Å². The number of aryl methyl sites for hydroxylation is 3. The predicted molar refractivity (Wildman–Crippen MR) is 88.2 cm³/mol. The maximum absolute atomic E-state index is 6.01. The molecule has 3 rings (SSSR count). The summed E-state index contributed by atoms with van der Waals surface area (Å²) in [6.07, 6.45) is 3.87. The fraction of sp³-hybridized carbons (Fsp3) is 0.294. The Hall–Kier alpha value is -2.60. The summed E-state index contributed by atoms with van der Waals surface area (Å²) in [7, 11) is 3.82. The number of nitrogens with zero attached hydrogens (tertiary/aromatic N) is 4. The van der Waals surface area contributed by atoms with Gasteiger partial charge in [0.1, 0.15) is 5.75 Å². The average Bonchev–Trinajstić information content (AvgIpc) is 3.06. The fourth-order valence-corrected chi connectivity index (χ4v) is 2.51. The smallest absolute Gasteiger partial charge is 0.222 e. The third kappa shape index (κ3) is 3.60. The molecule has 0 radical (unpaired) electrons. The van der Waals surface area contributed by atoms with Crippen molar-refractivity contribution in [2.75, 3.05) is 0 Å². The van der Waals surface area contributed by atoms with E-state index in [1.807, 2.05) is 63.7 Å². The van der Waals surface area contributed by atoms with Crippen LogP contribution in [0.25, 0.3) is 0 Å². The zero-order valence-corrected chi connectivity index (χ0v) is 13.7. The highest BCUT2D eigenvalue weighted by Crippen LogP contribution is 2.26. The fourth-order valence-electron chi connectivity index (χ4n) is 2.51. The molecule has 23 heavy (non-hydrogen) atoms. The lowest BCUT2D eigenvalue weighted by atomic mass is 10.2. The molecule has 0 saturated heterocycles. The number of hydrogen-bond acceptors (Lipinski definition) is 4. The van der Waals surface area contributed by atoms with E-state index in [9.17, 15) is 0 Å². The second-order valence-corrected chi connectivity index (χ2v) is 5.53. The quantitative estimate of drug-likeness (QED) is 0.760. The molecule has 0 atom stereocenters. The second kappa shape index (κ2) is 6.66. The SMILES string of the molecule is Cc1nn(C)c(Oc2ccccc2)c1CNCc1cnn(C)c1. The van der Waals surface area contributed by atoms with Gasteiger partial charge in [-0.15, -0.1) is 0 Å². The Balaban J connectivity index is 1.71. The van der Waals surface area contributed by atoms with Crippen molar-refractivity contribution in [2.45, 2.75) is 20.0 Å². The Bertz CT molecular complexity index is 776. The lowest BCUT2D eigenvalue weighted by Gasteiger charge is -2.09. The monoisotopic (exact) mass is 311 g/mol. The Labute approximate surface area is 135 Å². The van der Waals surface area contributed by atoms with Crippen LogP contribution in [0.4, 0.5) is 0 Å². The standard InChI is InChI=1S/C17H21N5O/c1-13-16(11-18-9-14-10-19-21(2)12-14)17(22(3)20-13)23-15-7-5-4-6-8-15/h4-8,10,12,18H,9,11H2,1-3H3. The Kier molecular flexibility index (Phi) is 4.43. The molecule has 0 bridgehead atoms. The number of aromatic nitrogens is 4. The zero-order valence-electron chi connectivity index (χ0n) is 13.7. The van der Waals surface area contributed by atoms with Crippen LogP contribution in [-0.2, 0) is 27.2 Å². The first-order valence-corrected chi connectivity index (χ1v) is 7.57. The maximum atomic E-state index is 6.01. The molecule has 1 N–H and O–H groups in total. The molecular formula is C17H21N5O. The van der Waals surface area contributed by atoms with Crippen molar-refractivity contribution in [3.05, 3.63) is 59.5 Å². The van der Waals surface area contributed by atoms with Crippen LogP contribution in [0.1, 0.15) is 16.8 Å². The number of ether oxygens (including phenoxy) is 1. The summed E-state index contributed by atoms with van der Waals surface area (Å²) >= 11 is 0. The van der Waals surface area contributed by atoms with Crippen LogP contribution in [-0.4, -0.2) is 19.6 Å². The number of rotatable bonds is 6. The minimum Gasteiger partial charge on any atom is -0.439 e. The lowest BCUT2D eigenvalue weighted by molar-refractivity contribution is 0.424. The Morgan fingerprint density at radius 3 is 2.61 bits per heavy atom. The average molecular weight is 311 g/mol. The molecule has 3 aromatic rings. The number of para-hydroxylation sites is 1. The highest BCUT2D eigenvalue weighted by molar-refractivity contribution is 5.35. The predicted octanol–water partition coefficient (Wildman–Crippen LogP) is 2.54. The highest BCUT2D eigenvalue weighted by atomic mass is 16.5. The number of hydrogen-bond donors (Lipinski definition) is 1. The van der Waals surface area contributed by atoms with Crippen LogP contribution in [0, 0.1) is 6.92 Å². The van der Waals surface area contributed by atoms with Gasteiger partial charge in [-0.2, -0.15) is 10.2 Å². The van der Waals surface area contributed by atoms with Gasteiger partial charge in [0.25, 0.3) is 0 Å². The minimum absolute atomic E-state index is 0.691. The van der Waals surface area contributed by atoms with Gasteiger partial charge in [-0.25, -0.2) is 4.68 Å². The van der Waals surface area contributed by atoms with Gasteiger partial charge in [-0.05, 0) is 19.1 Å². The van der Waals surface area contributed by atoms with E-state index in [2.05, 4.69) is 15.5 Å². The minimum atomic E-state index is 0.691. The molecule has 120 valence electrons. The van der Waals surface area contributed by atoms with Gasteiger partial charge in [-0.1, -0.05) is 18.2 Å². The Morgan fingerprint density at radius 2 is 1.91 bits per heavy atom. The second-order valence-electron chi connectivity index (χ2n) is 5.53. The van der Waals surface area contributed by atoms with Gasteiger partial charge in [0, 0.05) is 38.9 Å². The van der Waals surface area contributed by atoms with E-state index in [0.717, 1.165) is 35.0 Å². The van der Waals surface area contributed by atoms with Crippen LogP contribution < -0.4 is 10.1 Å². The number of benzene rings is 1. The molecule has 1 aromatic carbocycles. The molecule has 2 heterocycles. The first-order valence-electron chi connectivity index (χ1n) is 7.57. The topological polar surface area (TPSA) is 56.9 Å². The van der Waals surface area contributed by atoms with E-state index in [1.54, 1.807) is 9.36 Å². The Morgan fingerprint density at radius 1 is 1.13 bits per heavy atom. The first-order chi connectivity index (χ1) is 11.1. The van der Waals surface area contributed by atoms with E-state index in [0.29, 0.717) is 6.54 Å². The summed E-state index contributed by atoms with van der Waals surface area (Å²) in [6, 6.07) is 9.76. The normalized spacial score (nSPS) is 10.9. The molecule has 0 fully saturated rings. The largest absolute Gasteiger partial charge is 0.439 e. The summed E-state index contributed by atoms with van der Waals surface area (Å²) in [5.74, 6) is 1.58. The summed E-state index contributed by atoms with van der Waals surface area (Å²) in [4.78, 5) is 0. The van der Waals surface area contributed by atoms with Crippen LogP contribution >= 0.6 is 0 Å². The molecule has 6 heteroatoms. The van der Waals surface area contributed by atoms with Crippen LogP contribution in [0.15, 0.2) is 42.7 Å². The molecule has 0 spiro atoms. The summed E-state index contributed by atoms with van der Waals surface area (Å²) in [5.41, 5.74) is 3.19. The maximum Gasteiger partial charge on any atom is 0.222 e. The van der Waals surface area contributed by atoms with Gasteiger partial charge < -0.3 is 10.1 Å². The van der Waals surface area contributed by atoms with E-state index >= 15 is 0 Å². The number of nitrogens with one attached hydrogen (secondary N) is 1. The molecule has 0 amide bonds. The van der Waals surface area contributed by atoms with Gasteiger partial charge in [0.2, 0.25) is 5.88 Å². The van der Waals surface area contributed by atoms with Crippen molar-refractivity contribution in [3.63, 3.8) is 0 Å². The van der Waals surface area contributed by atoms with Crippen molar-refractivity contribution in [1.29, 1.82) is 0 Å². The third-order valence-corrected chi connectivity index (χ3v) is 3.64. The van der Waals surface area contributed by atoms with Gasteiger partial charge in [0.15, 0.2) is 0 Å². The molecule has 0 aliphatic rings.